The van der Waals surface area contributed by atoms with E-state index in [1.807, 2.05) is 30.5 Å². The van der Waals surface area contributed by atoms with Crippen LogP contribution in [0.4, 0.5) is 9.18 Å². The van der Waals surface area contributed by atoms with Gasteiger partial charge < -0.3 is 20.3 Å². The fraction of sp³-hybridized carbons (Fsp3) is 0.375. The van der Waals surface area contributed by atoms with E-state index in [9.17, 15) is 14.3 Å². The molecule has 5 nitrogen and oxygen atoms in total. The van der Waals surface area contributed by atoms with Crippen molar-refractivity contribution in [3.63, 3.8) is 0 Å². The second-order valence-electron chi connectivity index (χ2n) is 8.40. The third kappa shape index (κ3) is 5.02. The van der Waals surface area contributed by atoms with Crippen molar-refractivity contribution in [2.24, 2.45) is 5.41 Å². The van der Waals surface area contributed by atoms with Gasteiger partial charge in [-0.2, -0.15) is 0 Å². The van der Waals surface area contributed by atoms with Crippen LogP contribution in [0.5, 0.6) is 0 Å². The number of hydrogen-bond donors (Lipinski definition) is 3. The number of aliphatic hydroxyl groups is 1. The number of amides is 2. The molecule has 2 amide bonds. The van der Waals surface area contributed by atoms with Crippen molar-refractivity contribution in [1.82, 2.24) is 15.2 Å². The molecular formula is C24H27ClFN3O2. The number of aromatic nitrogens is 1. The van der Waals surface area contributed by atoms with E-state index in [0.29, 0.717) is 31.1 Å². The first-order valence-electron chi connectivity index (χ1n) is 10.6. The van der Waals surface area contributed by atoms with Crippen LogP contribution in [-0.4, -0.2) is 34.9 Å². The number of urea groups is 1. The maximum Gasteiger partial charge on any atom is 0.314 e. The summed E-state index contributed by atoms with van der Waals surface area (Å²) in [5, 5.41) is 18.2. The average molecular weight is 444 g/mol. The standard InChI is InChI=1S/C24H27ClFN3O2/c25-19-5-8-21-18(14-19)9-12-29(21)13-11-27-23(31)28-16-24(10-1-2-22(24)30)15-17-3-6-20(26)7-4-17/h3-9,12,14,22,30H,1-2,10-11,13,15-16H2,(H2,27,28,31). The molecule has 31 heavy (non-hydrogen) atoms. The number of rotatable bonds is 7. The number of aliphatic hydroxyl groups excluding tert-OH is 1. The topological polar surface area (TPSA) is 66.3 Å². The van der Waals surface area contributed by atoms with Crippen LogP contribution in [0.25, 0.3) is 10.9 Å². The Kier molecular flexibility index (Phi) is 6.49. The van der Waals surface area contributed by atoms with E-state index < -0.39 is 11.5 Å². The van der Waals surface area contributed by atoms with Gasteiger partial charge in [0.2, 0.25) is 0 Å². The summed E-state index contributed by atoms with van der Waals surface area (Å²) in [6.07, 6.45) is 4.55. The van der Waals surface area contributed by atoms with Gasteiger partial charge in [-0.3, -0.25) is 0 Å². The summed E-state index contributed by atoms with van der Waals surface area (Å²) in [6.45, 7) is 1.50. The van der Waals surface area contributed by atoms with Crippen LogP contribution in [0.2, 0.25) is 5.02 Å². The van der Waals surface area contributed by atoms with E-state index in [-0.39, 0.29) is 11.8 Å². The molecule has 1 heterocycles. The van der Waals surface area contributed by atoms with Crippen molar-refractivity contribution >= 4 is 28.5 Å². The summed E-state index contributed by atoms with van der Waals surface area (Å²) in [7, 11) is 0. The first-order chi connectivity index (χ1) is 14.9. The number of nitrogens with zero attached hydrogens (tertiary/aromatic N) is 1. The zero-order valence-corrected chi connectivity index (χ0v) is 18.0. The Morgan fingerprint density at radius 3 is 2.74 bits per heavy atom. The molecule has 3 aromatic rings. The van der Waals surface area contributed by atoms with E-state index in [0.717, 1.165) is 35.7 Å². The van der Waals surface area contributed by atoms with Crippen molar-refractivity contribution in [3.05, 3.63) is 71.1 Å². The van der Waals surface area contributed by atoms with Crippen molar-refractivity contribution in [2.75, 3.05) is 13.1 Å². The number of halogens is 2. The number of fused-ring (bicyclic) bond motifs is 1. The highest BCUT2D eigenvalue weighted by molar-refractivity contribution is 6.31. The van der Waals surface area contributed by atoms with Gasteiger partial charge in [0.05, 0.1) is 6.10 Å². The van der Waals surface area contributed by atoms with Crippen LogP contribution in [0.15, 0.2) is 54.7 Å². The average Bonchev–Trinajstić information content (AvgIpc) is 3.31. The zero-order chi connectivity index (χ0) is 21.8. The molecule has 0 spiro atoms. The van der Waals surface area contributed by atoms with E-state index in [4.69, 9.17) is 11.6 Å². The minimum absolute atomic E-state index is 0.253. The Morgan fingerprint density at radius 1 is 1.19 bits per heavy atom. The predicted molar refractivity (Wildman–Crippen MR) is 121 cm³/mol. The largest absolute Gasteiger partial charge is 0.392 e. The Labute approximate surface area is 186 Å². The van der Waals surface area contributed by atoms with Crippen molar-refractivity contribution in [3.8, 4) is 0 Å². The molecule has 0 radical (unpaired) electrons. The van der Waals surface area contributed by atoms with Crippen LogP contribution < -0.4 is 10.6 Å². The Morgan fingerprint density at radius 2 is 2.00 bits per heavy atom. The molecule has 3 N–H and O–H groups in total. The minimum atomic E-state index is -0.490. The predicted octanol–water partition coefficient (Wildman–Crippen LogP) is 4.51. The van der Waals surface area contributed by atoms with Crippen molar-refractivity contribution in [2.45, 2.75) is 38.3 Å². The lowest BCUT2D eigenvalue weighted by Gasteiger charge is -2.33. The second-order valence-corrected chi connectivity index (χ2v) is 8.83. The molecule has 0 saturated heterocycles. The smallest absolute Gasteiger partial charge is 0.314 e. The van der Waals surface area contributed by atoms with E-state index in [1.54, 1.807) is 12.1 Å². The number of nitrogens with one attached hydrogen (secondary N) is 2. The number of benzene rings is 2. The molecule has 1 saturated carbocycles. The van der Waals surface area contributed by atoms with E-state index in [2.05, 4.69) is 15.2 Å². The van der Waals surface area contributed by atoms with Crippen LogP contribution in [0, 0.1) is 11.2 Å². The monoisotopic (exact) mass is 443 g/mol. The summed E-state index contributed by atoms with van der Waals surface area (Å²) in [6, 6.07) is 13.9. The molecule has 1 fully saturated rings. The molecule has 1 aliphatic carbocycles. The second kappa shape index (κ2) is 9.28. The van der Waals surface area contributed by atoms with Gasteiger partial charge in [0, 0.05) is 47.2 Å². The van der Waals surface area contributed by atoms with Gasteiger partial charge in [-0.05, 0) is 61.2 Å². The molecule has 2 atom stereocenters. The van der Waals surface area contributed by atoms with Crippen molar-refractivity contribution in [1.29, 1.82) is 0 Å². The van der Waals surface area contributed by atoms with Crippen LogP contribution in [-0.2, 0) is 13.0 Å². The Hall–Kier alpha value is -2.57. The first-order valence-corrected chi connectivity index (χ1v) is 11.0. The molecule has 1 aromatic heterocycles. The lowest BCUT2D eigenvalue weighted by atomic mass is 9.78. The van der Waals surface area contributed by atoms with Gasteiger partial charge in [0.1, 0.15) is 5.82 Å². The fourth-order valence-electron chi connectivity index (χ4n) is 4.58. The summed E-state index contributed by atoms with van der Waals surface area (Å²) in [4.78, 5) is 12.4. The maximum absolute atomic E-state index is 13.2. The summed E-state index contributed by atoms with van der Waals surface area (Å²) >= 11 is 6.03. The van der Waals surface area contributed by atoms with Crippen molar-refractivity contribution < 1.29 is 14.3 Å². The van der Waals surface area contributed by atoms with Gasteiger partial charge in [-0.25, -0.2) is 9.18 Å². The van der Waals surface area contributed by atoms with Gasteiger partial charge >= 0.3 is 6.03 Å². The van der Waals surface area contributed by atoms with E-state index in [1.165, 1.54) is 12.1 Å². The molecule has 0 bridgehead atoms. The molecule has 7 heteroatoms. The molecule has 4 rings (SSSR count). The molecule has 1 aliphatic rings. The summed E-state index contributed by atoms with van der Waals surface area (Å²) in [5.41, 5.74) is 1.61. The highest BCUT2D eigenvalue weighted by atomic mass is 35.5. The quantitative estimate of drug-likeness (QED) is 0.503. The Bertz CT molecular complexity index is 1050. The molecule has 2 unspecified atom stereocenters. The lowest BCUT2D eigenvalue weighted by Crippen LogP contribution is -2.47. The zero-order valence-electron chi connectivity index (χ0n) is 17.3. The number of hydrogen-bond acceptors (Lipinski definition) is 2. The SMILES string of the molecule is O=C(NCCn1ccc2cc(Cl)ccc21)NCC1(Cc2ccc(F)cc2)CCCC1O. The van der Waals surface area contributed by atoms with Gasteiger partial charge in [0.25, 0.3) is 0 Å². The van der Waals surface area contributed by atoms with E-state index >= 15 is 0 Å². The van der Waals surface area contributed by atoms with Gasteiger partial charge in [-0.1, -0.05) is 30.2 Å². The van der Waals surface area contributed by atoms with Crippen LogP contribution in [0.3, 0.4) is 0 Å². The van der Waals surface area contributed by atoms with Gasteiger partial charge in [0.15, 0.2) is 0 Å². The normalized spacial score (nSPS) is 20.8. The molecule has 0 aliphatic heterocycles. The lowest BCUT2D eigenvalue weighted by molar-refractivity contribution is 0.0540. The number of carbonyl (C=O) groups is 1. The highest BCUT2D eigenvalue weighted by Gasteiger charge is 2.42. The molecular weight excluding hydrogens is 417 g/mol. The number of carbonyl (C=O) groups excluding carboxylic acids is 1. The molecule has 2 aromatic carbocycles. The Balaban J connectivity index is 1.31. The van der Waals surface area contributed by atoms with Gasteiger partial charge in [-0.15, -0.1) is 0 Å². The van der Waals surface area contributed by atoms with Crippen LogP contribution >= 0.6 is 11.6 Å². The third-order valence-corrected chi connectivity index (χ3v) is 6.54. The first kappa shape index (κ1) is 21.7. The molecule has 164 valence electrons. The summed E-state index contributed by atoms with van der Waals surface area (Å²) in [5.74, 6) is -0.277. The fourth-order valence-corrected chi connectivity index (χ4v) is 4.76. The summed E-state index contributed by atoms with van der Waals surface area (Å²) < 4.78 is 15.3. The highest BCUT2D eigenvalue weighted by Crippen LogP contribution is 2.40. The third-order valence-electron chi connectivity index (χ3n) is 6.30. The maximum atomic E-state index is 13.2. The van der Waals surface area contributed by atoms with Crippen LogP contribution in [0.1, 0.15) is 24.8 Å². The minimum Gasteiger partial charge on any atom is -0.392 e.